The Morgan fingerprint density at radius 1 is 1.06 bits per heavy atom. The van der Waals surface area contributed by atoms with Gasteiger partial charge in [0.15, 0.2) is 0 Å². The molecule has 4 aliphatic heterocycles. The molecule has 362 valence electrons. The molecular weight excluding hydrogens is 865 g/mol. The zero-order valence-corrected chi connectivity index (χ0v) is 40.4. The molecule has 68 heavy (non-hydrogen) atoms. The van der Waals surface area contributed by atoms with E-state index in [9.17, 15) is 29.1 Å². The van der Waals surface area contributed by atoms with Crippen LogP contribution < -0.4 is 15.6 Å². The van der Waals surface area contributed by atoms with Gasteiger partial charge in [-0.25, -0.2) is 5.43 Å². The molecule has 0 spiro atoms. The van der Waals surface area contributed by atoms with Gasteiger partial charge in [-0.05, 0) is 103 Å². The number of amides is 4. The summed E-state index contributed by atoms with van der Waals surface area (Å²) in [5.74, 6) is -2.85. The van der Waals surface area contributed by atoms with E-state index >= 15 is 0 Å². The maximum atomic E-state index is 14.7. The Kier molecular flexibility index (Phi) is 14.0. The summed E-state index contributed by atoms with van der Waals surface area (Å²) in [5, 5.41) is 16.7. The predicted molar refractivity (Wildman–Crippen MR) is 259 cm³/mol. The summed E-state index contributed by atoms with van der Waals surface area (Å²) >= 11 is 0. The largest absolute Gasteiger partial charge is 0.508 e. The molecule has 1 unspecified atom stereocenters. The number of methoxy groups -OCH3 is 1. The quantitative estimate of drug-likeness (QED) is 0.143. The van der Waals surface area contributed by atoms with Crippen molar-refractivity contribution in [3.63, 3.8) is 0 Å². The number of carbonyl (C=O) groups is 5. The van der Waals surface area contributed by atoms with Crippen LogP contribution in [0.3, 0.4) is 0 Å². The third-order valence-corrected chi connectivity index (χ3v) is 14.1. The van der Waals surface area contributed by atoms with Gasteiger partial charge in [-0.1, -0.05) is 46.4 Å². The molecule has 0 radical (unpaired) electrons. The zero-order valence-electron chi connectivity index (χ0n) is 40.4. The summed E-state index contributed by atoms with van der Waals surface area (Å²) < 4.78 is 14.0. The van der Waals surface area contributed by atoms with Crippen LogP contribution in [0.5, 0.6) is 5.75 Å². The number of aryl methyl sites for hydroxylation is 1. The van der Waals surface area contributed by atoms with Crippen molar-refractivity contribution < 1.29 is 38.6 Å². The number of hydrogen-bond donors (Lipinski definition) is 3. The molecule has 0 aliphatic carbocycles. The monoisotopic (exact) mass is 931 g/mol. The number of carbonyl (C=O) groups excluding carboxylic acids is 5. The number of fused-ring (bicyclic) bond motifs is 6. The molecule has 2 aromatic heterocycles. The highest BCUT2D eigenvalue weighted by Gasteiger charge is 2.40. The second kappa shape index (κ2) is 19.8. The first-order chi connectivity index (χ1) is 32.5. The smallest absolute Gasteiger partial charge is 0.324 e. The number of likely N-dealkylation sites (tertiary alicyclic amines) is 1. The lowest BCUT2D eigenvalue weighted by Gasteiger charge is -2.40. The third kappa shape index (κ3) is 9.84. The van der Waals surface area contributed by atoms with Crippen molar-refractivity contribution in [2.24, 2.45) is 17.3 Å². The highest BCUT2D eigenvalue weighted by Crippen LogP contribution is 2.41. The van der Waals surface area contributed by atoms with Crippen LogP contribution in [0.1, 0.15) is 65.0 Å². The number of likely N-dealkylation sites (N-methyl/N-ethyl adjacent to an activating group) is 1. The molecule has 0 saturated carbocycles. The van der Waals surface area contributed by atoms with Crippen LogP contribution in [0.4, 0.5) is 5.69 Å². The lowest BCUT2D eigenvalue weighted by molar-refractivity contribution is -0.155. The van der Waals surface area contributed by atoms with Crippen LogP contribution in [0.15, 0.2) is 67.4 Å². The fourth-order valence-corrected chi connectivity index (χ4v) is 10.4. The van der Waals surface area contributed by atoms with E-state index in [-0.39, 0.29) is 55.7 Å². The van der Waals surface area contributed by atoms with Crippen molar-refractivity contribution in [3.05, 3.63) is 78.5 Å². The van der Waals surface area contributed by atoms with Crippen LogP contribution in [0.25, 0.3) is 33.4 Å². The molecule has 6 heterocycles. The standard InChI is InChI=1S/C52H66N8O8/c1-9-45(62)57-19-16-34(27-57)49(64)56(7)46(31(3)4)48(63)54-43-22-32-20-35(23-37(61)21-32)33-13-14-44-39(24-33)40(26-52(5,6)30-68-51(66)41-12-11-18-60(55-41)50(43)65)47(59(44)10-2)42-25-36(15-17-53-42)58-28-38(29-58)67-8/h9,13-15,17,20-21,23-25,31,34,38,41,43,46,55,61H,1,10-12,16,18-19,22,26-30H2,2-8H3,(H,54,63)/t34-,41-,43?,46-/m0/s1. The fraction of sp³-hybridized carbons (Fsp3) is 0.500. The summed E-state index contributed by atoms with van der Waals surface area (Å²) in [4.78, 5) is 79.7. The van der Waals surface area contributed by atoms with Crippen LogP contribution >= 0.6 is 0 Å². The summed E-state index contributed by atoms with van der Waals surface area (Å²) in [5.41, 5.74) is 9.68. The molecule has 4 atom stereocenters. The molecule has 4 aromatic rings. The van der Waals surface area contributed by atoms with Gasteiger partial charge in [0.05, 0.1) is 30.0 Å². The number of aromatic nitrogens is 2. The van der Waals surface area contributed by atoms with E-state index in [1.54, 1.807) is 31.2 Å². The molecule has 6 bridgehead atoms. The molecule has 4 amide bonds. The molecule has 16 heteroatoms. The number of hydrazine groups is 1. The second-order valence-corrected chi connectivity index (χ2v) is 20.0. The number of rotatable bonds is 10. The highest BCUT2D eigenvalue weighted by molar-refractivity contribution is 5.96. The van der Waals surface area contributed by atoms with Gasteiger partial charge in [-0.15, -0.1) is 0 Å². The number of phenolic OH excluding ortho intramolecular Hbond substituents is 1. The van der Waals surface area contributed by atoms with Crippen LogP contribution in [-0.2, 0) is 52.8 Å². The first kappa shape index (κ1) is 48.2. The number of nitrogens with one attached hydrogen (secondary N) is 2. The number of esters is 1. The topological polar surface area (TPSA) is 179 Å². The SMILES string of the molecule is C=CC(=O)N1CC[C@H](C(=O)N(C)[C@H](C(=O)NC2Cc3cc(O)cc(c3)-c3ccc4c(c3)c(c(-c3cc(N5CC(OC)C5)ccn3)n4CC)CC(C)(C)COC(=O)[C@@H]3CCCN(N3)C2=O)C(C)C)C1. The lowest BCUT2D eigenvalue weighted by Crippen LogP contribution is -2.62. The molecule has 3 saturated heterocycles. The lowest BCUT2D eigenvalue weighted by atomic mass is 9.84. The van der Waals surface area contributed by atoms with Crippen molar-refractivity contribution in [3.8, 4) is 28.3 Å². The number of phenols is 1. The van der Waals surface area contributed by atoms with Gasteiger partial charge in [0, 0.05) is 88.0 Å². The molecule has 3 fully saturated rings. The normalized spacial score (nSPS) is 21.5. The van der Waals surface area contributed by atoms with Crippen molar-refractivity contribution in [2.75, 3.05) is 58.4 Å². The Bertz CT molecular complexity index is 2600. The van der Waals surface area contributed by atoms with Gasteiger partial charge < -0.3 is 39.2 Å². The van der Waals surface area contributed by atoms with E-state index < -0.39 is 47.2 Å². The molecule has 8 rings (SSSR count). The Morgan fingerprint density at radius 3 is 2.56 bits per heavy atom. The number of pyridine rings is 1. The van der Waals surface area contributed by atoms with Crippen molar-refractivity contribution in [2.45, 2.75) is 97.5 Å². The Balaban J connectivity index is 1.18. The average molecular weight is 931 g/mol. The highest BCUT2D eigenvalue weighted by atomic mass is 16.5. The van der Waals surface area contributed by atoms with Crippen LogP contribution in [-0.4, -0.2) is 137 Å². The minimum Gasteiger partial charge on any atom is -0.508 e. The third-order valence-electron chi connectivity index (χ3n) is 14.1. The van der Waals surface area contributed by atoms with E-state index in [2.05, 4.69) is 65.8 Å². The van der Waals surface area contributed by atoms with Gasteiger partial charge in [0.2, 0.25) is 17.7 Å². The zero-order chi connectivity index (χ0) is 48.6. The van der Waals surface area contributed by atoms with Crippen molar-refractivity contribution >= 4 is 46.2 Å². The minimum atomic E-state index is -1.16. The Morgan fingerprint density at radius 2 is 1.84 bits per heavy atom. The fourth-order valence-electron chi connectivity index (χ4n) is 10.4. The summed E-state index contributed by atoms with van der Waals surface area (Å²) in [6, 6.07) is 12.7. The van der Waals surface area contributed by atoms with Crippen LogP contribution in [0.2, 0.25) is 0 Å². The maximum absolute atomic E-state index is 14.7. The molecule has 4 aliphatic rings. The Labute approximate surface area is 398 Å². The minimum absolute atomic E-state index is 0.00874. The summed E-state index contributed by atoms with van der Waals surface area (Å²) in [7, 11) is 3.32. The Hall–Kier alpha value is -6.26. The van der Waals surface area contributed by atoms with Gasteiger partial charge in [-0.2, -0.15) is 0 Å². The van der Waals surface area contributed by atoms with E-state index in [0.29, 0.717) is 44.3 Å². The summed E-state index contributed by atoms with van der Waals surface area (Å²) in [6.07, 6.45) is 5.21. The first-order valence-corrected chi connectivity index (χ1v) is 23.9. The number of anilines is 1. The number of aromatic hydroxyl groups is 1. The number of nitrogens with zero attached hydrogens (tertiary/aromatic N) is 6. The van der Waals surface area contributed by atoms with Gasteiger partial charge in [0.1, 0.15) is 23.9 Å². The van der Waals surface area contributed by atoms with E-state index in [1.807, 2.05) is 38.2 Å². The first-order valence-electron chi connectivity index (χ1n) is 23.9. The van der Waals surface area contributed by atoms with E-state index in [4.69, 9.17) is 14.5 Å². The van der Waals surface area contributed by atoms with Gasteiger partial charge in [0.25, 0.3) is 5.91 Å². The number of hydrogen-bond acceptors (Lipinski definition) is 11. The van der Waals surface area contributed by atoms with Gasteiger partial charge in [-0.3, -0.25) is 34.0 Å². The summed E-state index contributed by atoms with van der Waals surface area (Å²) in [6.45, 7) is 16.8. The average Bonchev–Trinajstić information content (AvgIpc) is 3.92. The number of cyclic esters (lactones) is 1. The maximum Gasteiger partial charge on any atom is 0.324 e. The van der Waals surface area contributed by atoms with Crippen molar-refractivity contribution in [1.29, 1.82) is 0 Å². The molecule has 3 N–H and O–H groups in total. The number of ether oxygens (including phenoxy) is 2. The van der Waals surface area contributed by atoms with Gasteiger partial charge >= 0.3 is 5.97 Å². The number of benzene rings is 2. The van der Waals surface area contributed by atoms with Crippen molar-refractivity contribution in [1.82, 2.24) is 35.1 Å². The molecule has 2 aromatic carbocycles. The molecular formula is C52H66N8O8. The predicted octanol–water partition coefficient (Wildman–Crippen LogP) is 5.10. The van der Waals surface area contributed by atoms with Crippen LogP contribution in [0, 0.1) is 17.3 Å². The molecule has 16 nitrogen and oxygen atoms in total. The second-order valence-electron chi connectivity index (χ2n) is 20.0. The van der Waals surface area contributed by atoms with E-state index in [0.717, 1.165) is 57.8 Å². The van der Waals surface area contributed by atoms with E-state index in [1.165, 1.54) is 16.0 Å².